The Labute approximate surface area is 142 Å². The van der Waals surface area contributed by atoms with Crippen LogP contribution in [0.25, 0.3) is 16.6 Å². The van der Waals surface area contributed by atoms with E-state index in [4.69, 9.17) is 0 Å². The highest BCUT2D eigenvalue weighted by molar-refractivity contribution is 5.94. The van der Waals surface area contributed by atoms with Crippen molar-refractivity contribution in [3.63, 3.8) is 0 Å². The molecule has 0 aliphatic carbocycles. The van der Waals surface area contributed by atoms with Crippen LogP contribution < -0.4 is 5.32 Å². The van der Waals surface area contributed by atoms with Crippen molar-refractivity contribution in [3.05, 3.63) is 72.9 Å². The summed E-state index contributed by atoms with van der Waals surface area (Å²) in [4.78, 5) is 11.6. The molecule has 1 heterocycles. The van der Waals surface area contributed by atoms with Crippen LogP contribution >= 0.6 is 0 Å². The van der Waals surface area contributed by atoms with Crippen molar-refractivity contribution in [2.24, 2.45) is 0 Å². The molecule has 0 unspecified atom stereocenters. The standard InChI is InChI=1S/C19H15F3N2O/c1-2-3-18(25)23-15-6-9-17-13(12-15)10-11-24(17)16-7-4-14(5-8-16)19(20,21)22/h2,4-12H,1,3H2,(H,23,25). The fraction of sp³-hybridized carbons (Fsp3) is 0.105. The van der Waals surface area contributed by atoms with Gasteiger partial charge in [0.25, 0.3) is 0 Å². The molecule has 0 radical (unpaired) electrons. The molecule has 0 saturated heterocycles. The molecule has 1 aromatic heterocycles. The molecule has 25 heavy (non-hydrogen) atoms. The number of rotatable bonds is 4. The Hall–Kier alpha value is -3.02. The molecule has 128 valence electrons. The van der Waals surface area contributed by atoms with E-state index in [1.54, 1.807) is 16.8 Å². The van der Waals surface area contributed by atoms with Crippen LogP contribution in [0.1, 0.15) is 12.0 Å². The number of halogens is 3. The number of aromatic nitrogens is 1. The van der Waals surface area contributed by atoms with Crippen LogP contribution in [0.5, 0.6) is 0 Å². The monoisotopic (exact) mass is 344 g/mol. The van der Waals surface area contributed by atoms with Gasteiger partial charge in [-0.25, -0.2) is 0 Å². The largest absolute Gasteiger partial charge is 0.416 e. The lowest BCUT2D eigenvalue weighted by Gasteiger charge is -2.10. The van der Waals surface area contributed by atoms with E-state index in [0.717, 1.165) is 23.0 Å². The van der Waals surface area contributed by atoms with Gasteiger partial charge in [-0.15, -0.1) is 6.58 Å². The number of anilines is 1. The molecule has 0 atom stereocenters. The summed E-state index contributed by atoms with van der Waals surface area (Å²) in [5.74, 6) is -0.156. The summed E-state index contributed by atoms with van der Waals surface area (Å²) in [6.07, 6.45) is -0.821. The van der Waals surface area contributed by atoms with Gasteiger partial charge < -0.3 is 9.88 Å². The van der Waals surface area contributed by atoms with Gasteiger partial charge >= 0.3 is 6.18 Å². The van der Waals surface area contributed by atoms with Crippen LogP contribution in [0.3, 0.4) is 0 Å². The second-order valence-electron chi connectivity index (χ2n) is 5.54. The number of alkyl halides is 3. The van der Waals surface area contributed by atoms with Crippen molar-refractivity contribution >= 4 is 22.5 Å². The van der Waals surface area contributed by atoms with Gasteiger partial charge in [0.05, 0.1) is 11.1 Å². The van der Waals surface area contributed by atoms with E-state index >= 15 is 0 Å². The smallest absolute Gasteiger partial charge is 0.326 e. The first kappa shape index (κ1) is 16.8. The van der Waals surface area contributed by atoms with Crippen molar-refractivity contribution in [2.75, 3.05) is 5.32 Å². The Kier molecular flexibility index (Phi) is 4.35. The van der Waals surface area contributed by atoms with E-state index < -0.39 is 11.7 Å². The molecule has 0 aliphatic rings. The first-order chi connectivity index (χ1) is 11.9. The number of benzene rings is 2. The van der Waals surface area contributed by atoms with Gasteiger partial charge in [0.1, 0.15) is 0 Å². The summed E-state index contributed by atoms with van der Waals surface area (Å²) < 4.78 is 39.8. The normalized spacial score (nSPS) is 11.5. The molecule has 1 amide bonds. The van der Waals surface area contributed by atoms with Crippen LogP contribution in [0, 0.1) is 0 Å². The van der Waals surface area contributed by atoms with Crippen LogP contribution in [-0.2, 0) is 11.0 Å². The maximum atomic E-state index is 12.7. The summed E-state index contributed by atoms with van der Waals surface area (Å²) >= 11 is 0. The average Bonchev–Trinajstić information content (AvgIpc) is 2.97. The zero-order valence-corrected chi connectivity index (χ0v) is 13.2. The highest BCUT2D eigenvalue weighted by Crippen LogP contribution is 2.30. The number of carbonyl (C=O) groups is 1. The number of amides is 1. The quantitative estimate of drug-likeness (QED) is 0.652. The SMILES string of the molecule is C=CCC(=O)Nc1ccc2c(ccn2-c2ccc(C(F)(F)F)cc2)c1. The van der Waals surface area contributed by atoms with Crippen molar-refractivity contribution in [1.29, 1.82) is 0 Å². The fourth-order valence-electron chi connectivity index (χ4n) is 2.60. The molecule has 0 aliphatic heterocycles. The molecule has 3 aromatic rings. The van der Waals surface area contributed by atoms with E-state index in [2.05, 4.69) is 11.9 Å². The number of hydrogen-bond donors (Lipinski definition) is 1. The Morgan fingerprint density at radius 1 is 1.12 bits per heavy atom. The van der Waals surface area contributed by atoms with Crippen molar-refractivity contribution in [1.82, 2.24) is 4.57 Å². The van der Waals surface area contributed by atoms with Crippen LogP contribution in [0.2, 0.25) is 0 Å². The highest BCUT2D eigenvalue weighted by Gasteiger charge is 2.30. The zero-order valence-electron chi connectivity index (χ0n) is 13.2. The minimum Gasteiger partial charge on any atom is -0.326 e. The lowest BCUT2D eigenvalue weighted by molar-refractivity contribution is -0.137. The molecule has 0 spiro atoms. The summed E-state index contributed by atoms with van der Waals surface area (Å²) in [5, 5.41) is 3.64. The summed E-state index contributed by atoms with van der Waals surface area (Å²) in [6, 6.07) is 12.2. The van der Waals surface area contributed by atoms with Crippen LogP contribution in [-0.4, -0.2) is 10.5 Å². The van der Waals surface area contributed by atoms with Crippen LogP contribution in [0.15, 0.2) is 67.4 Å². The lowest BCUT2D eigenvalue weighted by Crippen LogP contribution is -2.09. The Balaban J connectivity index is 1.91. The number of hydrogen-bond acceptors (Lipinski definition) is 1. The first-order valence-electron chi connectivity index (χ1n) is 7.58. The molecule has 2 aromatic carbocycles. The third kappa shape index (κ3) is 3.57. The predicted molar refractivity (Wildman–Crippen MR) is 91.7 cm³/mol. The molecule has 1 N–H and O–H groups in total. The van der Waals surface area contributed by atoms with Gasteiger partial charge in [-0.05, 0) is 48.5 Å². The van der Waals surface area contributed by atoms with Crippen molar-refractivity contribution in [2.45, 2.75) is 12.6 Å². The third-order valence-corrected chi connectivity index (χ3v) is 3.78. The zero-order chi connectivity index (χ0) is 18.0. The second kappa shape index (κ2) is 6.47. The molecule has 0 saturated carbocycles. The average molecular weight is 344 g/mol. The second-order valence-corrected chi connectivity index (χ2v) is 5.54. The van der Waals surface area contributed by atoms with E-state index in [0.29, 0.717) is 11.4 Å². The summed E-state index contributed by atoms with van der Waals surface area (Å²) in [6.45, 7) is 3.52. The molecular formula is C19H15F3N2O. The minimum atomic E-state index is -4.35. The van der Waals surface area contributed by atoms with Gasteiger partial charge in [-0.1, -0.05) is 6.08 Å². The number of nitrogens with one attached hydrogen (secondary N) is 1. The van der Waals surface area contributed by atoms with Gasteiger partial charge in [0.15, 0.2) is 0 Å². The Morgan fingerprint density at radius 2 is 1.84 bits per heavy atom. The van der Waals surface area contributed by atoms with Crippen LogP contribution in [0.4, 0.5) is 18.9 Å². The van der Waals surface area contributed by atoms with E-state index in [1.807, 2.05) is 18.2 Å². The molecule has 0 bridgehead atoms. The maximum Gasteiger partial charge on any atom is 0.416 e. The van der Waals surface area contributed by atoms with Crippen molar-refractivity contribution < 1.29 is 18.0 Å². The first-order valence-corrected chi connectivity index (χ1v) is 7.58. The van der Waals surface area contributed by atoms with Gasteiger partial charge in [0.2, 0.25) is 5.91 Å². The summed E-state index contributed by atoms with van der Waals surface area (Å²) in [5.41, 5.74) is 1.44. The molecule has 3 nitrogen and oxygen atoms in total. The van der Waals surface area contributed by atoms with Gasteiger partial charge in [0, 0.05) is 29.4 Å². The molecule has 3 rings (SSSR count). The highest BCUT2D eigenvalue weighted by atomic mass is 19.4. The number of nitrogens with zero attached hydrogens (tertiary/aromatic N) is 1. The topological polar surface area (TPSA) is 34.0 Å². The van der Waals surface area contributed by atoms with Gasteiger partial charge in [-0.2, -0.15) is 13.2 Å². The van der Waals surface area contributed by atoms with E-state index in [-0.39, 0.29) is 12.3 Å². The molecule has 0 fully saturated rings. The summed E-state index contributed by atoms with van der Waals surface area (Å²) in [7, 11) is 0. The lowest BCUT2D eigenvalue weighted by atomic mass is 10.2. The predicted octanol–water partition coefficient (Wildman–Crippen LogP) is 5.16. The Morgan fingerprint density at radius 3 is 2.48 bits per heavy atom. The fourth-order valence-corrected chi connectivity index (χ4v) is 2.60. The minimum absolute atomic E-state index is 0.156. The van der Waals surface area contributed by atoms with Crippen molar-refractivity contribution in [3.8, 4) is 5.69 Å². The molecular weight excluding hydrogens is 329 g/mol. The number of fused-ring (bicyclic) bond motifs is 1. The maximum absolute atomic E-state index is 12.7. The van der Waals surface area contributed by atoms with E-state index in [9.17, 15) is 18.0 Å². The van der Waals surface area contributed by atoms with Gasteiger partial charge in [-0.3, -0.25) is 4.79 Å². The molecule has 6 heteroatoms. The van der Waals surface area contributed by atoms with E-state index in [1.165, 1.54) is 18.2 Å². The number of carbonyl (C=O) groups excluding carboxylic acids is 1. The third-order valence-electron chi connectivity index (χ3n) is 3.78. The Bertz CT molecular complexity index is 924.